The van der Waals surface area contributed by atoms with Gasteiger partial charge in [-0.15, -0.1) is 11.3 Å². The maximum Gasteiger partial charge on any atom is 0.244 e. The molecule has 0 aromatic carbocycles. The van der Waals surface area contributed by atoms with Crippen LogP contribution in [0.5, 0.6) is 0 Å². The normalized spacial score (nSPS) is 19.2. The zero-order chi connectivity index (χ0) is 13.4. The van der Waals surface area contributed by atoms with E-state index in [1.165, 1.54) is 0 Å². The number of fused-ring (bicyclic) bond motifs is 1. The van der Waals surface area contributed by atoms with Crippen molar-refractivity contribution in [2.24, 2.45) is 0 Å². The first-order valence-electron chi connectivity index (χ1n) is 6.13. The molecule has 6 nitrogen and oxygen atoms in total. The van der Waals surface area contributed by atoms with E-state index in [-0.39, 0.29) is 11.9 Å². The summed E-state index contributed by atoms with van der Waals surface area (Å²) in [6.45, 7) is 0.785. The SMILES string of the molecule is CNc1nc(NC2CCN(C)C2=O)c2ccsc2n1. The van der Waals surface area contributed by atoms with Crippen molar-refractivity contribution in [2.45, 2.75) is 12.5 Å². The molecule has 7 heteroatoms. The van der Waals surface area contributed by atoms with Gasteiger partial charge in [0.2, 0.25) is 11.9 Å². The van der Waals surface area contributed by atoms with Crippen LogP contribution in [-0.4, -0.2) is 47.5 Å². The summed E-state index contributed by atoms with van der Waals surface area (Å²) >= 11 is 1.56. The summed E-state index contributed by atoms with van der Waals surface area (Å²) in [6, 6.07) is 1.79. The largest absolute Gasteiger partial charge is 0.358 e. The van der Waals surface area contributed by atoms with Gasteiger partial charge in [-0.3, -0.25) is 4.79 Å². The van der Waals surface area contributed by atoms with Crippen LogP contribution in [0.4, 0.5) is 11.8 Å². The van der Waals surface area contributed by atoms with Gasteiger partial charge in [-0.2, -0.15) is 4.98 Å². The Morgan fingerprint density at radius 2 is 2.32 bits per heavy atom. The van der Waals surface area contributed by atoms with Crippen molar-refractivity contribution >= 4 is 39.2 Å². The molecule has 1 amide bonds. The number of hydrogen-bond donors (Lipinski definition) is 2. The molecule has 1 aliphatic heterocycles. The number of hydrogen-bond acceptors (Lipinski definition) is 6. The van der Waals surface area contributed by atoms with Gasteiger partial charge < -0.3 is 15.5 Å². The molecule has 1 fully saturated rings. The molecule has 0 spiro atoms. The lowest BCUT2D eigenvalue weighted by atomic mass is 10.2. The van der Waals surface area contributed by atoms with Gasteiger partial charge in [0.25, 0.3) is 0 Å². The van der Waals surface area contributed by atoms with Crippen molar-refractivity contribution in [3.8, 4) is 0 Å². The van der Waals surface area contributed by atoms with E-state index in [2.05, 4.69) is 20.6 Å². The minimum absolute atomic E-state index is 0.119. The van der Waals surface area contributed by atoms with Gasteiger partial charge in [0.1, 0.15) is 16.7 Å². The molecule has 1 aliphatic rings. The number of likely N-dealkylation sites (N-methyl/N-ethyl adjacent to an activating group) is 1. The topological polar surface area (TPSA) is 70.2 Å². The van der Waals surface area contributed by atoms with Gasteiger partial charge in [-0.05, 0) is 17.9 Å². The second kappa shape index (κ2) is 4.65. The fourth-order valence-electron chi connectivity index (χ4n) is 2.20. The third kappa shape index (κ3) is 2.10. The van der Waals surface area contributed by atoms with Gasteiger partial charge in [0.05, 0.1) is 5.39 Å². The van der Waals surface area contributed by atoms with Crippen LogP contribution in [0.25, 0.3) is 10.2 Å². The fourth-order valence-corrected chi connectivity index (χ4v) is 2.96. The number of amides is 1. The molecule has 1 atom stereocenters. The van der Waals surface area contributed by atoms with Crippen LogP contribution in [0, 0.1) is 0 Å². The first kappa shape index (κ1) is 12.2. The van der Waals surface area contributed by atoms with E-state index in [0.29, 0.717) is 5.95 Å². The van der Waals surface area contributed by atoms with Crippen molar-refractivity contribution in [2.75, 3.05) is 31.3 Å². The Morgan fingerprint density at radius 3 is 3.00 bits per heavy atom. The molecule has 3 rings (SSSR count). The van der Waals surface area contributed by atoms with E-state index in [4.69, 9.17) is 0 Å². The molecule has 19 heavy (non-hydrogen) atoms. The summed E-state index contributed by atoms with van der Waals surface area (Å²) in [6.07, 6.45) is 0.805. The predicted octanol–water partition coefficient (Wildman–Crippen LogP) is 1.38. The van der Waals surface area contributed by atoms with Gasteiger partial charge >= 0.3 is 0 Å². The number of rotatable bonds is 3. The van der Waals surface area contributed by atoms with Crippen molar-refractivity contribution < 1.29 is 4.79 Å². The Labute approximate surface area is 114 Å². The zero-order valence-electron chi connectivity index (χ0n) is 10.8. The molecule has 2 N–H and O–H groups in total. The predicted molar refractivity (Wildman–Crippen MR) is 76.6 cm³/mol. The van der Waals surface area contributed by atoms with E-state index in [1.54, 1.807) is 23.3 Å². The summed E-state index contributed by atoms with van der Waals surface area (Å²) in [5.41, 5.74) is 0. The van der Waals surface area contributed by atoms with E-state index in [0.717, 1.165) is 29.0 Å². The van der Waals surface area contributed by atoms with Crippen LogP contribution in [0.3, 0.4) is 0 Å². The molecule has 0 saturated carbocycles. The number of carbonyl (C=O) groups is 1. The van der Waals surface area contributed by atoms with Crippen molar-refractivity contribution in [1.29, 1.82) is 0 Å². The smallest absolute Gasteiger partial charge is 0.244 e. The molecule has 2 aromatic heterocycles. The molecule has 100 valence electrons. The summed E-state index contributed by atoms with van der Waals surface area (Å²) in [7, 11) is 3.61. The third-order valence-electron chi connectivity index (χ3n) is 3.29. The van der Waals surface area contributed by atoms with Gasteiger partial charge in [-0.1, -0.05) is 0 Å². The van der Waals surface area contributed by atoms with Crippen LogP contribution >= 0.6 is 11.3 Å². The summed E-state index contributed by atoms with van der Waals surface area (Å²) < 4.78 is 0. The monoisotopic (exact) mass is 277 g/mol. The minimum atomic E-state index is -0.187. The molecule has 0 bridgehead atoms. The molecule has 3 heterocycles. The third-order valence-corrected chi connectivity index (χ3v) is 4.09. The highest BCUT2D eigenvalue weighted by atomic mass is 32.1. The summed E-state index contributed by atoms with van der Waals surface area (Å²) in [4.78, 5) is 23.4. The van der Waals surface area contributed by atoms with Gasteiger partial charge in [0.15, 0.2) is 0 Å². The number of thiophene rings is 1. The van der Waals surface area contributed by atoms with Crippen LogP contribution in [0.2, 0.25) is 0 Å². The highest BCUT2D eigenvalue weighted by Crippen LogP contribution is 2.27. The molecular formula is C12H15N5OS. The van der Waals surface area contributed by atoms with E-state index in [1.807, 2.05) is 18.5 Å². The average molecular weight is 277 g/mol. The number of carbonyl (C=O) groups excluding carboxylic acids is 1. The van der Waals surface area contributed by atoms with Crippen molar-refractivity contribution in [3.63, 3.8) is 0 Å². The maximum atomic E-state index is 11.9. The lowest BCUT2D eigenvalue weighted by molar-refractivity contribution is -0.127. The maximum absolute atomic E-state index is 11.9. The molecule has 0 aliphatic carbocycles. The van der Waals surface area contributed by atoms with Crippen molar-refractivity contribution in [3.05, 3.63) is 11.4 Å². The molecular weight excluding hydrogens is 262 g/mol. The number of aromatic nitrogens is 2. The molecule has 1 unspecified atom stereocenters. The number of likely N-dealkylation sites (tertiary alicyclic amines) is 1. The Kier molecular flexibility index (Phi) is 2.98. The van der Waals surface area contributed by atoms with E-state index in [9.17, 15) is 4.79 Å². The first-order chi connectivity index (χ1) is 9.19. The van der Waals surface area contributed by atoms with E-state index < -0.39 is 0 Å². The highest BCUT2D eigenvalue weighted by Gasteiger charge is 2.29. The number of nitrogens with one attached hydrogen (secondary N) is 2. The minimum Gasteiger partial charge on any atom is -0.358 e. The second-order valence-corrected chi connectivity index (χ2v) is 5.43. The lowest BCUT2D eigenvalue weighted by Crippen LogP contribution is -2.31. The highest BCUT2D eigenvalue weighted by molar-refractivity contribution is 7.16. The Morgan fingerprint density at radius 1 is 1.47 bits per heavy atom. The van der Waals surface area contributed by atoms with Crippen LogP contribution in [-0.2, 0) is 4.79 Å². The molecule has 2 aromatic rings. The summed E-state index contributed by atoms with van der Waals surface area (Å²) in [5, 5.41) is 9.14. The molecule has 0 radical (unpaired) electrons. The standard InChI is InChI=1S/C12H15N5OS/c1-13-12-15-9(7-4-6-19-10(7)16-12)14-8-3-5-17(2)11(8)18/h4,6,8H,3,5H2,1-2H3,(H2,13,14,15,16). The van der Waals surface area contributed by atoms with E-state index >= 15 is 0 Å². The second-order valence-electron chi connectivity index (χ2n) is 4.53. The van der Waals surface area contributed by atoms with Gasteiger partial charge in [0, 0.05) is 20.6 Å². The summed E-state index contributed by atoms with van der Waals surface area (Å²) in [5.74, 6) is 1.41. The molecule has 1 saturated heterocycles. The van der Waals surface area contributed by atoms with Crippen LogP contribution < -0.4 is 10.6 Å². The first-order valence-corrected chi connectivity index (χ1v) is 7.01. The Hall–Kier alpha value is -1.89. The Bertz CT molecular complexity index is 626. The van der Waals surface area contributed by atoms with Crippen molar-refractivity contribution in [1.82, 2.24) is 14.9 Å². The number of anilines is 2. The zero-order valence-corrected chi connectivity index (χ0v) is 11.6. The Balaban J connectivity index is 1.95. The van der Waals surface area contributed by atoms with Crippen LogP contribution in [0.15, 0.2) is 11.4 Å². The fraction of sp³-hybridized carbons (Fsp3) is 0.417. The average Bonchev–Trinajstić information content (AvgIpc) is 3.00. The quantitative estimate of drug-likeness (QED) is 0.887. The number of nitrogens with zero attached hydrogens (tertiary/aromatic N) is 3. The lowest BCUT2D eigenvalue weighted by Gasteiger charge is -2.14. The van der Waals surface area contributed by atoms with Gasteiger partial charge in [-0.25, -0.2) is 4.98 Å². The van der Waals surface area contributed by atoms with Crippen LogP contribution in [0.1, 0.15) is 6.42 Å².